The van der Waals surface area contributed by atoms with Crippen LogP contribution in [0.3, 0.4) is 0 Å². The summed E-state index contributed by atoms with van der Waals surface area (Å²) in [7, 11) is 0. The summed E-state index contributed by atoms with van der Waals surface area (Å²) in [5.74, 6) is -0.0637. The molecule has 132 valence electrons. The lowest BCUT2D eigenvalue weighted by molar-refractivity contribution is -0.118. The van der Waals surface area contributed by atoms with Crippen molar-refractivity contribution in [3.63, 3.8) is 0 Å². The SMILES string of the molecule is N#Cc1ccc(CN2CCC(C3C(=O)Nc4ccccc43)CC2)cc1F. The van der Waals surface area contributed by atoms with Gasteiger partial charge in [-0.25, -0.2) is 4.39 Å². The number of likely N-dealkylation sites (tertiary alicyclic amines) is 1. The normalized spacial score (nSPS) is 20.5. The molecule has 0 radical (unpaired) electrons. The second-order valence-electron chi connectivity index (χ2n) is 7.09. The maximum absolute atomic E-state index is 13.8. The zero-order chi connectivity index (χ0) is 18.1. The minimum absolute atomic E-state index is 0.0549. The van der Waals surface area contributed by atoms with Crippen molar-refractivity contribution in [3.8, 4) is 6.07 Å². The van der Waals surface area contributed by atoms with Crippen molar-refractivity contribution in [3.05, 3.63) is 65.0 Å². The molecule has 1 unspecified atom stereocenters. The quantitative estimate of drug-likeness (QED) is 0.920. The van der Waals surface area contributed by atoms with E-state index in [4.69, 9.17) is 5.26 Å². The maximum Gasteiger partial charge on any atom is 0.232 e. The second kappa shape index (κ2) is 6.89. The Morgan fingerprint density at radius 1 is 1.19 bits per heavy atom. The highest BCUT2D eigenvalue weighted by molar-refractivity contribution is 6.03. The summed E-state index contributed by atoms with van der Waals surface area (Å²) in [6.45, 7) is 2.44. The van der Waals surface area contributed by atoms with E-state index in [1.165, 1.54) is 12.1 Å². The summed E-state index contributed by atoms with van der Waals surface area (Å²) in [4.78, 5) is 14.7. The molecule has 26 heavy (non-hydrogen) atoms. The predicted octanol–water partition coefficient (Wildman–Crippen LogP) is 3.65. The van der Waals surface area contributed by atoms with Crippen molar-refractivity contribution in [2.24, 2.45) is 5.92 Å². The second-order valence-corrected chi connectivity index (χ2v) is 7.09. The maximum atomic E-state index is 13.8. The van der Waals surface area contributed by atoms with Crippen LogP contribution in [-0.4, -0.2) is 23.9 Å². The first-order valence-corrected chi connectivity index (χ1v) is 8.96. The van der Waals surface area contributed by atoms with Crippen LogP contribution in [0.25, 0.3) is 0 Å². The predicted molar refractivity (Wildman–Crippen MR) is 96.9 cm³/mol. The smallest absolute Gasteiger partial charge is 0.232 e. The molecule has 2 aromatic carbocycles. The van der Waals surface area contributed by atoms with E-state index in [2.05, 4.69) is 10.2 Å². The summed E-state index contributed by atoms with van der Waals surface area (Å²) < 4.78 is 13.8. The van der Waals surface area contributed by atoms with Crippen LogP contribution in [0.1, 0.15) is 35.4 Å². The Morgan fingerprint density at radius 2 is 1.96 bits per heavy atom. The molecular formula is C21H20FN3O. The van der Waals surface area contributed by atoms with Crippen LogP contribution in [0.4, 0.5) is 10.1 Å². The van der Waals surface area contributed by atoms with Crippen LogP contribution in [0, 0.1) is 23.1 Å². The number of hydrogen-bond acceptors (Lipinski definition) is 3. The number of fused-ring (bicyclic) bond motifs is 1. The fraction of sp³-hybridized carbons (Fsp3) is 0.333. The summed E-state index contributed by atoms with van der Waals surface area (Å²) in [6, 6.07) is 14.6. The van der Waals surface area contributed by atoms with Gasteiger partial charge in [-0.15, -0.1) is 0 Å². The van der Waals surface area contributed by atoms with Gasteiger partial charge in [-0.3, -0.25) is 9.69 Å². The molecular weight excluding hydrogens is 329 g/mol. The molecule has 1 atom stereocenters. The molecule has 1 saturated heterocycles. The Hall–Kier alpha value is -2.71. The van der Waals surface area contributed by atoms with Gasteiger partial charge in [0.25, 0.3) is 0 Å². The molecule has 0 bridgehead atoms. The lowest BCUT2D eigenvalue weighted by atomic mass is 9.80. The first-order valence-electron chi connectivity index (χ1n) is 8.96. The molecule has 2 aliphatic heterocycles. The minimum atomic E-state index is -0.459. The molecule has 2 heterocycles. The van der Waals surface area contributed by atoms with Gasteiger partial charge in [0.05, 0.1) is 11.5 Å². The third-order valence-electron chi connectivity index (χ3n) is 5.50. The highest BCUT2D eigenvalue weighted by atomic mass is 19.1. The van der Waals surface area contributed by atoms with Gasteiger partial charge < -0.3 is 5.32 Å². The number of piperidine rings is 1. The lowest BCUT2D eigenvalue weighted by Crippen LogP contribution is -2.36. The van der Waals surface area contributed by atoms with E-state index in [1.807, 2.05) is 36.4 Å². The lowest BCUT2D eigenvalue weighted by Gasteiger charge is -2.34. The largest absolute Gasteiger partial charge is 0.325 e. The zero-order valence-corrected chi connectivity index (χ0v) is 14.4. The summed E-state index contributed by atoms with van der Waals surface area (Å²) in [6.07, 6.45) is 1.90. The molecule has 0 aliphatic carbocycles. The third-order valence-corrected chi connectivity index (χ3v) is 5.50. The Morgan fingerprint density at radius 3 is 2.69 bits per heavy atom. The van der Waals surface area contributed by atoms with Crippen LogP contribution in [0.5, 0.6) is 0 Å². The number of anilines is 1. The Labute approximate surface area is 152 Å². The summed E-state index contributed by atoms with van der Waals surface area (Å²) in [5.41, 5.74) is 3.02. The van der Waals surface area contributed by atoms with Gasteiger partial charge in [0.2, 0.25) is 5.91 Å². The van der Waals surface area contributed by atoms with E-state index >= 15 is 0 Å². The number of nitriles is 1. The topological polar surface area (TPSA) is 56.1 Å². The van der Waals surface area contributed by atoms with E-state index < -0.39 is 5.82 Å². The van der Waals surface area contributed by atoms with Gasteiger partial charge in [-0.1, -0.05) is 24.3 Å². The van der Waals surface area contributed by atoms with Crippen molar-refractivity contribution < 1.29 is 9.18 Å². The molecule has 4 rings (SSSR count). The summed E-state index contributed by atoms with van der Waals surface area (Å²) >= 11 is 0. The highest BCUT2D eigenvalue weighted by Gasteiger charge is 2.37. The molecule has 1 fully saturated rings. The van der Waals surface area contributed by atoms with Crippen molar-refractivity contribution in [2.75, 3.05) is 18.4 Å². The third kappa shape index (κ3) is 3.09. The van der Waals surface area contributed by atoms with Gasteiger partial charge in [0.1, 0.15) is 11.9 Å². The van der Waals surface area contributed by atoms with Crippen molar-refractivity contribution >= 4 is 11.6 Å². The fourth-order valence-electron chi connectivity index (χ4n) is 4.15. The van der Waals surface area contributed by atoms with Gasteiger partial charge in [0.15, 0.2) is 0 Å². The highest BCUT2D eigenvalue weighted by Crippen LogP contribution is 2.41. The number of benzene rings is 2. The first kappa shape index (κ1) is 16.7. The van der Waals surface area contributed by atoms with E-state index in [-0.39, 0.29) is 17.4 Å². The number of nitrogens with zero attached hydrogens (tertiary/aromatic N) is 2. The molecule has 1 amide bonds. The van der Waals surface area contributed by atoms with Gasteiger partial charge in [-0.2, -0.15) is 5.26 Å². The number of hydrogen-bond donors (Lipinski definition) is 1. The Kier molecular flexibility index (Phi) is 4.44. The van der Waals surface area contributed by atoms with E-state index in [0.29, 0.717) is 12.5 Å². The van der Waals surface area contributed by atoms with E-state index in [0.717, 1.165) is 42.7 Å². The van der Waals surface area contributed by atoms with Crippen LogP contribution >= 0.6 is 0 Å². The first-order chi connectivity index (χ1) is 12.7. The Bertz CT molecular complexity index is 881. The summed E-state index contributed by atoms with van der Waals surface area (Å²) in [5, 5.41) is 11.8. The van der Waals surface area contributed by atoms with Crippen LogP contribution in [0.2, 0.25) is 0 Å². The monoisotopic (exact) mass is 349 g/mol. The van der Waals surface area contributed by atoms with Crippen LogP contribution in [-0.2, 0) is 11.3 Å². The standard InChI is InChI=1S/C21H20FN3O/c22-18-11-14(5-6-16(18)12-23)13-25-9-7-15(8-10-25)20-17-3-1-2-4-19(17)24-21(20)26/h1-6,11,15,20H,7-10,13H2,(H,24,26). The number of para-hydroxylation sites is 1. The fourth-order valence-corrected chi connectivity index (χ4v) is 4.15. The van der Waals surface area contributed by atoms with Crippen molar-refractivity contribution in [1.29, 1.82) is 5.26 Å². The molecule has 5 heteroatoms. The molecule has 0 spiro atoms. The number of carbonyl (C=O) groups is 1. The molecule has 2 aliphatic rings. The average molecular weight is 349 g/mol. The van der Waals surface area contributed by atoms with Crippen LogP contribution in [0.15, 0.2) is 42.5 Å². The number of amides is 1. The van der Waals surface area contributed by atoms with Gasteiger partial charge in [-0.05, 0) is 61.2 Å². The minimum Gasteiger partial charge on any atom is -0.325 e. The number of rotatable bonds is 3. The van der Waals surface area contributed by atoms with Crippen molar-refractivity contribution in [2.45, 2.75) is 25.3 Å². The van der Waals surface area contributed by atoms with Crippen molar-refractivity contribution in [1.82, 2.24) is 4.90 Å². The number of carbonyl (C=O) groups excluding carboxylic acids is 1. The van der Waals surface area contributed by atoms with E-state index in [1.54, 1.807) is 0 Å². The number of nitrogens with one attached hydrogen (secondary N) is 1. The molecule has 1 N–H and O–H groups in total. The number of halogens is 1. The zero-order valence-electron chi connectivity index (χ0n) is 14.4. The average Bonchev–Trinajstić information content (AvgIpc) is 2.98. The molecule has 0 aromatic heterocycles. The molecule has 4 nitrogen and oxygen atoms in total. The van der Waals surface area contributed by atoms with Gasteiger partial charge >= 0.3 is 0 Å². The Balaban J connectivity index is 1.40. The molecule has 2 aromatic rings. The van der Waals surface area contributed by atoms with Crippen LogP contribution < -0.4 is 5.32 Å². The van der Waals surface area contributed by atoms with Gasteiger partial charge in [0, 0.05) is 12.2 Å². The molecule has 0 saturated carbocycles. The van der Waals surface area contributed by atoms with E-state index in [9.17, 15) is 9.18 Å².